The lowest BCUT2D eigenvalue weighted by atomic mass is 9.53. The first-order valence-electron chi connectivity index (χ1n) is 7.70. The molecule has 0 radical (unpaired) electrons. The summed E-state index contributed by atoms with van der Waals surface area (Å²) in [7, 11) is 0. The number of hydrogen-bond acceptors (Lipinski definition) is 3. The van der Waals surface area contributed by atoms with E-state index in [2.05, 4.69) is 0 Å². The average Bonchev–Trinajstić information content (AvgIpc) is 2.41. The molecule has 0 heterocycles. The summed E-state index contributed by atoms with van der Waals surface area (Å²) in [5, 5.41) is 0. The first kappa shape index (κ1) is 17.5. The van der Waals surface area contributed by atoms with Crippen LogP contribution >= 0.6 is 0 Å². The van der Waals surface area contributed by atoms with Gasteiger partial charge in [-0.05, 0) is 38.0 Å². The van der Waals surface area contributed by atoms with Gasteiger partial charge < -0.3 is 4.74 Å². The van der Waals surface area contributed by atoms with E-state index in [0.717, 1.165) is 0 Å². The molecule has 0 aliphatic heterocycles. The monoisotopic (exact) mass is 358 g/mol. The van der Waals surface area contributed by atoms with E-state index in [1.54, 1.807) is 0 Å². The smallest absolute Gasteiger partial charge is 0.410 e. The van der Waals surface area contributed by atoms with E-state index in [1.165, 1.54) is 0 Å². The van der Waals surface area contributed by atoms with Gasteiger partial charge in [-0.25, -0.2) is 4.79 Å². The van der Waals surface area contributed by atoms with E-state index >= 15 is 0 Å². The van der Waals surface area contributed by atoms with Crippen molar-refractivity contribution < 1.29 is 40.7 Å². The summed E-state index contributed by atoms with van der Waals surface area (Å²) in [6.45, 7) is -0.377. The van der Waals surface area contributed by atoms with Crippen LogP contribution in [-0.2, 0) is 14.3 Å². The highest BCUT2D eigenvalue weighted by Gasteiger charge is 2.74. The molecule has 0 spiro atoms. The molecule has 0 aromatic rings. The predicted octanol–water partition coefficient (Wildman–Crippen LogP) is 3.60. The number of carbonyl (C=O) groups excluding carboxylic acids is 2. The Balaban J connectivity index is 1.81. The lowest BCUT2D eigenvalue weighted by Gasteiger charge is -2.54. The number of alkyl halides is 6. The van der Waals surface area contributed by atoms with Crippen molar-refractivity contribution in [1.29, 1.82) is 0 Å². The van der Waals surface area contributed by atoms with Gasteiger partial charge >= 0.3 is 23.7 Å². The second-order valence-corrected chi connectivity index (χ2v) is 7.36. The second-order valence-electron chi connectivity index (χ2n) is 7.36. The van der Waals surface area contributed by atoms with Gasteiger partial charge in [0, 0.05) is 18.8 Å². The molecule has 9 heteroatoms. The summed E-state index contributed by atoms with van der Waals surface area (Å²) in [5.74, 6) is -20.2. The Morgan fingerprint density at radius 3 is 2.00 bits per heavy atom. The van der Waals surface area contributed by atoms with E-state index in [-0.39, 0.29) is 37.9 Å². The molecule has 2 atom stereocenters. The van der Waals surface area contributed by atoms with E-state index in [1.807, 2.05) is 0 Å². The fourth-order valence-electron chi connectivity index (χ4n) is 4.46. The molecule has 0 aromatic carbocycles. The largest absolute Gasteiger partial charge is 0.454 e. The van der Waals surface area contributed by atoms with Gasteiger partial charge in [-0.2, -0.15) is 26.3 Å². The molecule has 24 heavy (non-hydrogen) atoms. The maximum absolute atomic E-state index is 13.7. The van der Waals surface area contributed by atoms with Crippen molar-refractivity contribution in [2.75, 3.05) is 0 Å². The van der Waals surface area contributed by atoms with Crippen LogP contribution in [0.3, 0.4) is 0 Å². The second kappa shape index (κ2) is 4.88. The van der Waals surface area contributed by atoms with Crippen molar-refractivity contribution in [2.45, 2.75) is 62.4 Å². The zero-order valence-electron chi connectivity index (χ0n) is 12.8. The number of halogens is 6. The van der Waals surface area contributed by atoms with E-state index in [4.69, 9.17) is 4.74 Å². The number of ketones is 1. The highest BCUT2D eigenvalue weighted by atomic mass is 19.3. The number of ether oxygens (including phenoxy) is 1. The number of rotatable bonds is 4. The van der Waals surface area contributed by atoms with Crippen molar-refractivity contribution in [3.8, 4) is 0 Å². The molecule has 4 aliphatic carbocycles. The standard InChI is InChI=1S/C15H16F6O3/c1-12(16,17)15(20,21)14(18,19)11(23)24-13-4-7-2-8(5-13)10(22)9(3-7)6-13/h7-9H,2-6H2,1H3. The maximum atomic E-state index is 13.7. The molecule has 4 fully saturated rings. The first-order chi connectivity index (χ1) is 10.8. The van der Waals surface area contributed by atoms with Gasteiger partial charge in [0.15, 0.2) is 0 Å². The molecular weight excluding hydrogens is 342 g/mol. The van der Waals surface area contributed by atoms with Crippen molar-refractivity contribution in [3.05, 3.63) is 0 Å². The third-order valence-electron chi connectivity index (χ3n) is 5.45. The molecule has 0 amide bonds. The normalized spacial score (nSPS) is 36.1. The molecule has 4 bridgehead atoms. The van der Waals surface area contributed by atoms with Gasteiger partial charge in [0.05, 0.1) is 0 Å². The van der Waals surface area contributed by atoms with Crippen molar-refractivity contribution in [1.82, 2.24) is 0 Å². The van der Waals surface area contributed by atoms with Crippen LogP contribution in [0.4, 0.5) is 26.3 Å². The summed E-state index contributed by atoms with van der Waals surface area (Å²) in [6.07, 6.45) is 1.31. The minimum absolute atomic E-state index is 0.00486. The third kappa shape index (κ3) is 2.34. The van der Waals surface area contributed by atoms with Crippen LogP contribution in [0, 0.1) is 17.8 Å². The van der Waals surface area contributed by atoms with Crippen LogP contribution in [0.2, 0.25) is 0 Å². The third-order valence-corrected chi connectivity index (χ3v) is 5.45. The van der Waals surface area contributed by atoms with E-state index in [9.17, 15) is 35.9 Å². The minimum atomic E-state index is -5.87. The quantitative estimate of drug-likeness (QED) is 0.570. The molecule has 0 N–H and O–H groups in total. The minimum Gasteiger partial charge on any atom is -0.454 e. The average molecular weight is 358 g/mol. The maximum Gasteiger partial charge on any atom is 0.410 e. The Morgan fingerprint density at radius 1 is 1.04 bits per heavy atom. The summed E-state index contributed by atoms with van der Waals surface area (Å²) < 4.78 is 84.3. The molecule has 0 aromatic heterocycles. The van der Waals surface area contributed by atoms with Crippen molar-refractivity contribution in [3.63, 3.8) is 0 Å². The molecule has 136 valence electrons. The summed E-state index contributed by atoms with van der Waals surface area (Å²) >= 11 is 0. The number of esters is 1. The summed E-state index contributed by atoms with van der Waals surface area (Å²) in [4.78, 5) is 23.6. The van der Waals surface area contributed by atoms with Crippen LogP contribution < -0.4 is 0 Å². The van der Waals surface area contributed by atoms with E-state index in [0.29, 0.717) is 12.8 Å². The highest BCUT2D eigenvalue weighted by Crippen LogP contribution is 2.56. The zero-order chi connectivity index (χ0) is 18.1. The van der Waals surface area contributed by atoms with Gasteiger partial charge in [-0.15, -0.1) is 0 Å². The van der Waals surface area contributed by atoms with Crippen LogP contribution in [-0.4, -0.2) is 35.1 Å². The molecular formula is C15H16F6O3. The predicted molar refractivity (Wildman–Crippen MR) is 67.9 cm³/mol. The van der Waals surface area contributed by atoms with Crippen LogP contribution in [0.1, 0.15) is 39.0 Å². The van der Waals surface area contributed by atoms with Crippen molar-refractivity contribution >= 4 is 11.8 Å². The Morgan fingerprint density at radius 2 is 1.54 bits per heavy atom. The zero-order valence-corrected chi connectivity index (χ0v) is 12.8. The number of Topliss-reactive ketones (excluding diaryl/α,β-unsaturated/α-hetero) is 1. The van der Waals surface area contributed by atoms with Crippen LogP contribution in [0.25, 0.3) is 0 Å². The van der Waals surface area contributed by atoms with E-state index < -0.39 is 41.2 Å². The fourth-order valence-corrected chi connectivity index (χ4v) is 4.46. The number of hydrogen-bond donors (Lipinski definition) is 0. The molecule has 4 rings (SSSR count). The lowest BCUT2D eigenvalue weighted by Crippen LogP contribution is -2.61. The molecule has 2 unspecified atom stereocenters. The van der Waals surface area contributed by atoms with Gasteiger partial charge in [0.2, 0.25) is 0 Å². The van der Waals surface area contributed by atoms with Gasteiger partial charge in [-0.1, -0.05) is 0 Å². The van der Waals surface area contributed by atoms with Crippen LogP contribution in [0.15, 0.2) is 0 Å². The first-order valence-corrected chi connectivity index (χ1v) is 7.70. The number of carbonyl (C=O) groups is 2. The lowest BCUT2D eigenvalue weighted by molar-refractivity contribution is -0.305. The highest BCUT2D eigenvalue weighted by molar-refractivity contribution is 5.86. The summed E-state index contributed by atoms with van der Waals surface area (Å²) in [6, 6.07) is 0. The molecule has 4 aliphatic rings. The molecule has 0 saturated heterocycles. The summed E-state index contributed by atoms with van der Waals surface area (Å²) in [5.41, 5.74) is -1.43. The molecule has 4 saturated carbocycles. The van der Waals surface area contributed by atoms with Crippen molar-refractivity contribution in [2.24, 2.45) is 17.8 Å². The van der Waals surface area contributed by atoms with Crippen LogP contribution in [0.5, 0.6) is 0 Å². The van der Waals surface area contributed by atoms with Gasteiger partial charge in [0.1, 0.15) is 11.4 Å². The Labute approximate surface area is 133 Å². The SMILES string of the molecule is CC(F)(F)C(F)(F)C(F)(F)C(=O)OC12CC3CC(C1)C(=O)C(C3)C2. The topological polar surface area (TPSA) is 43.4 Å². The van der Waals surface area contributed by atoms with Gasteiger partial charge in [-0.3, -0.25) is 4.79 Å². The molecule has 3 nitrogen and oxygen atoms in total. The Hall–Kier alpha value is -1.28. The Kier molecular flexibility index (Phi) is 3.57. The van der Waals surface area contributed by atoms with Gasteiger partial charge in [0.25, 0.3) is 0 Å². The fraction of sp³-hybridized carbons (Fsp3) is 0.867. The Bertz CT molecular complexity index is 564.